The Hall–Kier alpha value is -0.700. The van der Waals surface area contributed by atoms with Gasteiger partial charge in [0.15, 0.2) is 9.84 Å². The first-order valence-electron chi connectivity index (χ1n) is 6.32. The highest BCUT2D eigenvalue weighted by Crippen LogP contribution is 2.27. The van der Waals surface area contributed by atoms with Crippen molar-refractivity contribution in [3.05, 3.63) is 44.2 Å². The highest BCUT2D eigenvalue weighted by molar-refractivity contribution is 9.11. The number of amides is 1. The average molecular weight is 467 g/mol. The summed E-state index contributed by atoms with van der Waals surface area (Å²) in [6.07, 6.45) is -0.0764. The predicted octanol–water partition coefficient (Wildman–Crippen LogP) is 4.38. The zero-order chi connectivity index (χ0) is 16.3. The van der Waals surface area contributed by atoms with Crippen LogP contribution in [-0.4, -0.2) is 20.1 Å². The van der Waals surface area contributed by atoms with Gasteiger partial charge in [0.05, 0.1) is 9.54 Å². The summed E-state index contributed by atoms with van der Waals surface area (Å²) >= 11 is 7.76. The molecule has 2 aromatic rings. The number of sulfone groups is 1. The molecule has 0 saturated heterocycles. The Kier molecular flexibility index (Phi) is 5.81. The molecule has 1 heterocycles. The third-order valence-electron chi connectivity index (χ3n) is 2.89. The van der Waals surface area contributed by atoms with Crippen LogP contribution in [0.1, 0.15) is 12.0 Å². The van der Waals surface area contributed by atoms with E-state index in [2.05, 4.69) is 37.2 Å². The molecule has 0 bridgehead atoms. The Labute approximate surface area is 150 Å². The van der Waals surface area contributed by atoms with Crippen molar-refractivity contribution in [2.45, 2.75) is 17.6 Å². The molecule has 1 aromatic carbocycles. The summed E-state index contributed by atoms with van der Waals surface area (Å²) in [6.45, 7) is 1.92. The van der Waals surface area contributed by atoms with Gasteiger partial charge < -0.3 is 5.32 Å². The van der Waals surface area contributed by atoms with Gasteiger partial charge in [0.2, 0.25) is 5.91 Å². The lowest BCUT2D eigenvalue weighted by atomic mass is 10.2. The predicted molar refractivity (Wildman–Crippen MR) is 96.2 cm³/mol. The molecule has 0 aliphatic rings. The molecule has 0 aliphatic carbocycles. The monoisotopic (exact) mass is 465 g/mol. The van der Waals surface area contributed by atoms with Gasteiger partial charge in [0.1, 0.15) is 4.21 Å². The van der Waals surface area contributed by atoms with Gasteiger partial charge in [0, 0.05) is 16.6 Å². The summed E-state index contributed by atoms with van der Waals surface area (Å²) in [5.74, 6) is -0.526. The van der Waals surface area contributed by atoms with Gasteiger partial charge in [0.25, 0.3) is 0 Å². The molecule has 1 aromatic heterocycles. The largest absolute Gasteiger partial charge is 0.326 e. The van der Waals surface area contributed by atoms with Crippen molar-refractivity contribution in [3.8, 4) is 0 Å². The summed E-state index contributed by atoms with van der Waals surface area (Å²) in [7, 11) is -3.42. The molecule has 1 N–H and O–H groups in total. The first-order valence-corrected chi connectivity index (χ1v) is 10.4. The van der Waals surface area contributed by atoms with Crippen LogP contribution in [0.15, 0.2) is 42.8 Å². The number of hydrogen-bond donors (Lipinski definition) is 1. The Morgan fingerprint density at radius 1 is 1.23 bits per heavy atom. The average Bonchev–Trinajstić information content (AvgIpc) is 2.88. The van der Waals surface area contributed by atoms with Gasteiger partial charge in [-0.2, -0.15) is 0 Å². The molecule has 0 spiro atoms. The molecule has 0 atom stereocenters. The van der Waals surface area contributed by atoms with E-state index in [0.29, 0.717) is 5.69 Å². The van der Waals surface area contributed by atoms with Crippen LogP contribution < -0.4 is 5.32 Å². The number of carbonyl (C=O) groups excluding carboxylic acids is 1. The van der Waals surface area contributed by atoms with Gasteiger partial charge in [-0.05, 0) is 58.7 Å². The zero-order valence-corrected chi connectivity index (χ0v) is 16.4. The van der Waals surface area contributed by atoms with Crippen LogP contribution in [0.4, 0.5) is 5.69 Å². The second-order valence-corrected chi connectivity index (χ2v) is 10.3. The third-order valence-corrected chi connectivity index (χ3v) is 7.71. The Morgan fingerprint density at radius 2 is 1.95 bits per heavy atom. The van der Waals surface area contributed by atoms with E-state index >= 15 is 0 Å². The molecular weight excluding hydrogens is 454 g/mol. The van der Waals surface area contributed by atoms with Crippen molar-refractivity contribution in [1.29, 1.82) is 0 Å². The van der Waals surface area contributed by atoms with Crippen LogP contribution in [-0.2, 0) is 14.6 Å². The van der Waals surface area contributed by atoms with Crippen molar-refractivity contribution in [2.24, 2.45) is 0 Å². The molecule has 8 heteroatoms. The fraction of sp³-hybridized carbons (Fsp3) is 0.214. The second kappa shape index (κ2) is 7.25. The van der Waals surface area contributed by atoms with Gasteiger partial charge in [-0.3, -0.25) is 4.79 Å². The quantitative estimate of drug-likeness (QED) is 0.710. The minimum absolute atomic E-state index is 0.0764. The van der Waals surface area contributed by atoms with E-state index in [1.54, 1.807) is 18.2 Å². The van der Waals surface area contributed by atoms with E-state index in [9.17, 15) is 13.2 Å². The molecule has 0 aliphatic heterocycles. The fourth-order valence-electron chi connectivity index (χ4n) is 1.74. The Balaban J connectivity index is 1.96. The van der Waals surface area contributed by atoms with Crippen LogP contribution in [0.25, 0.3) is 0 Å². The second-order valence-electron chi connectivity index (χ2n) is 4.64. The summed E-state index contributed by atoms with van der Waals surface area (Å²) < 4.78 is 26.2. The number of aryl methyl sites for hydroxylation is 1. The number of rotatable bonds is 5. The van der Waals surface area contributed by atoms with Gasteiger partial charge in [-0.1, -0.05) is 15.9 Å². The van der Waals surface area contributed by atoms with E-state index in [1.807, 2.05) is 19.1 Å². The molecule has 0 unspecified atom stereocenters. The SMILES string of the molecule is Cc1cc(NC(=O)CCS(=O)(=O)c2ccc(Br)s2)ccc1Br. The number of hydrogen-bond acceptors (Lipinski definition) is 4. The first kappa shape index (κ1) is 17.7. The maximum Gasteiger partial charge on any atom is 0.225 e. The van der Waals surface area contributed by atoms with Crippen molar-refractivity contribution < 1.29 is 13.2 Å². The lowest BCUT2D eigenvalue weighted by Gasteiger charge is -2.07. The molecule has 2 rings (SSSR count). The number of anilines is 1. The van der Waals surface area contributed by atoms with E-state index in [4.69, 9.17) is 0 Å². The van der Waals surface area contributed by atoms with Gasteiger partial charge in [-0.15, -0.1) is 11.3 Å². The molecule has 0 fully saturated rings. The van der Waals surface area contributed by atoms with Crippen LogP contribution in [0.2, 0.25) is 0 Å². The summed E-state index contributed by atoms with van der Waals surface area (Å²) in [5.41, 5.74) is 1.65. The van der Waals surface area contributed by atoms with Crippen LogP contribution >= 0.6 is 43.2 Å². The minimum atomic E-state index is -3.42. The zero-order valence-electron chi connectivity index (χ0n) is 11.6. The molecule has 1 amide bonds. The molecule has 0 radical (unpaired) electrons. The van der Waals surface area contributed by atoms with Gasteiger partial charge in [-0.25, -0.2) is 8.42 Å². The third kappa shape index (κ3) is 4.65. The normalized spacial score (nSPS) is 11.4. The Morgan fingerprint density at radius 3 is 2.55 bits per heavy atom. The summed E-state index contributed by atoms with van der Waals surface area (Å²) in [6, 6.07) is 8.65. The van der Waals surface area contributed by atoms with E-state index in [1.165, 1.54) is 0 Å². The molecule has 22 heavy (non-hydrogen) atoms. The molecular formula is C14H13Br2NO3S2. The molecule has 118 valence electrons. The smallest absolute Gasteiger partial charge is 0.225 e. The standard InChI is InChI=1S/C14H13Br2NO3S2/c1-9-8-10(2-3-11(9)15)17-13(18)6-7-22(19,20)14-5-4-12(16)21-14/h2-5,8H,6-7H2,1H3,(H,17,18). The number of thiophene rings is 1. The van der Waals surface area contributed by atoms with Crippen molar-refractivity contribution in [1.82, 2.24) is 0 Å². The van der Waals surface area contributed by atoms with E-state index < -0.39 is 9.84 Å². The highest BCUT2D eigenvalue weighted by atomic mass is 79.9. The van der Waals surface area contributed by atoms with Crippen LogP contribution in [0.5, 0.6) is 0 Å². The topological polar surface area (TPSA) is 63.2 Å². The van der Waals surface area contributed by atoms with Crippen molar-refractivity contribution in [3.63, 3.8) is 0 Å². The van der Waals surface area contributed by atoms with Crippen LogP contribution in [0.3, 0.4) is 0 Å². The Bertz CT molecular complexity index is 800. The van der Waals surface area contributed by atoms with E-state index in [0.717, 1.165) is 25.2 Å². The number of halogens is 2. The first-order chi connectivity index (χ1) is 10.3. The lowest BCUT2D eigenvalue weighted by Crippen LogP contribution is -2.17. The number of benzene rings is 1. The summed E-state index contributed by atoms with van der Waals surface area (Å²) in [4.78, 5) is 11.9. The fourth-order valence-corrected chi connectivity index (χ4v) is 5.38. The van der Waals surface area contributed by atoms with Gasteiger partial charge >= 0.3 is 0 Å². The van der Waals surface area contributed by atoms with E-state index in [-0.39, 0.29) is 22.3 Å². The van der Waals surface area contributed by atoms with Crippen molar-refractivity contribution >= 4 is 64.6 Å². The highest BCUT2D eigenvalue weighted by Gasteiger charge is 2.18. The lowest BCUT2D eigenvalue weighted by molar-refractivity contribution is -0.115. The minimum Gasteiger partial charge on any atom is -0.326 e. The van der Waals surface area contributed by atoms with Crippen LogP contribution in [0, 0.1) is 6.92 Å². The maximum absolute atomic E-state index is 12.1. The molecule has 0 saturated carbocycles. The summed E-state index contributed by atoms with van der Waals surface area (Å²) in [5, 5.41) is 2.71. The molecule has 4 nitrogen and oxygen atoms in total. The number of nitrogens with one attached hydrogen (secondary N) is 1. The maximum atomic E-state index is 12.1. The number of carbonyl (C=O) groups is 1. The van der Waals surface area contributed by atoms with Crippen molar-refractivity contribution in [2.75, 3.05) is 11.1 Å².